The van der Waals surface area contributed by atoms with Crippen molar-refractivity contribution in [2.75, 3.05) is 7.11 Å². The molecular formula is C15H31BrN2O6. The van der Waals surface area contributed by atoms with E-state index in [-0.39, 0.29) is 30.5 Å². The Balaban J connectivity index is -0.000000257. The molecule has 1 rings (SSSR count). The van der Waals surface area contributed by atoms with Gasteiger partial charge in [0.1, 0.15) is 17.2 Å². The Kier molecular flexibility index (Phi) is 19.7. The number of ether oxygens (including phenoxy) is 3. The summed E-state index contributed by atoms with van der Waals surface area (Å²) in [5.74, 6) is 0. The average Bonchev–Trinajstić information content (AvgIpc) is 2.76. The first-order chi connectivity index (χ1) is 10.9. The lowest BCUT2D eigenvalue weighted by Gasteiger charge is -2.10. The van der Waals surface area contributed by atoms with Crippen LogP contribution in [-0.4, -0.2) is 65.1 Å². The van der Waals surface area contributed by atoms with Crippen molar-refractivity contribution in [2.45, 2.75) is 78.2 Å². The van der Waals surface area contributed by atoms with Crippen molar-refractivity contribution >= 4 is 22.0 Å². The maximum absolute atomic E-state index is 8.70. The fourth-order valence-corrected chi connectivity index (χ4v) is 0.754. The number of aliphatic hydroxyl groups is 3. The molecule has 0 radical (unpaired) electrons. The fourth-order valence-electron chi connectivity index (χ4n) is 0.754. The maximum atomic E-state index is 8.70. The van der Waals surface area contributed by atoms with E-state index in [1.807, 2.05) is 20.8 Å². The van der Waals surface area contributed by atoms with Gasteiger partial charge in [-0.3, -0.25) is 0 Å². The van der Waals surface area contributed by atoms with Gasteiger partial charge in [-0.2, -0.15) is 5.26 Å². The smallest absolute Gasteiger partial charge is 0.381 e. The Morgan fingerprint density at radius 2 is 1.33 bits per heavy atom. The van der Waals surface area contributed by atoms with Crippen LogP contribution in [0.25, 0.3) is 0 Å². The van der Waals surface area contributed by atoms with E-state index >= 15 is 0 Å². The molecule has 1 saturated heterocycles. The molecule has 6 atom stereocenters. The van der Waals surface area contributed by atoms with Crippen LogP contribution in [0.5, 0.6) is 0 Å². The van der Waals surface area contributed by atoms with Crippen LogP contribution >= 0.6 is 15.9 Å². The summed E-state index contributed by atoms with van der Waals surface area (Å²) in [7, 11) is 1.58. The predicted octanol–water partition coefficient (Wildman–Crippen LogP) is 1.76. The number of methoxy groups -OCH3 is 1. The average molecular weight is 415 g/mol. The second-order valence-electron chi connectivity index (χ2n) is 5.18. The van der Waals surface area contributed by atoms with Crippen LogP contribution in [0.3, 0.4) is 0 Å². The molecule has 9 heteroatoms. The molecule has 0 aromatic rings. The topological polar surface area (TPSA) is 136 Å². The van der Waals surface area contributed by atoms with Gasteiger partial charge in [0, 0.05) is 23.0 Å². The Morgan fingerprint density at radius 1 is 1.04 bits per heavy atom. The van der Waals surface area contributed by atoms with Crippen LogP contribution in [0, 0.1) is 15.6 Å². The zero-order valence-electron chi connectivity index (χ0n) is 15.4. The van der Waals surface area contributed by atoms with Crippen molar-refractivity contribution in [2.24, 2.45) is 0 Å². The molecular weight excluding hydrogens is 384 g/mol. The normalized spacial score (nSPS) is 23.0. The molecule has 24 heavy (non-hydrogen) atoms. The molecule has 1 aliphatic heterocycles. The molecule has 0 aromatic carbocycles. The zero-order valence-corrected chi connectivity index (χ0v) is 16.9. The monoisotopic (exact) mass is 414 g/mol. The van der Waals surface area contributed by atoms with Crippen molar-refractivity contribution in [1.82, 2.24) is 0 Å². The number of hydrogen-bond acceptors (Lipinski definition) is 8. The molecule has 1 fully saturated rings. The summed E-state index contributed by atoms with van der Waals surface area (Å²) in [6.45, 7) is 10.4. The third-order valence-corrected chi connectivity index (χ3v) is 3.00. The lowest BCUT2D eigenvalue weighted by Crippen LogP contribution is -2.20. The number of nitrogens with one attached hydrogen (secondary N) is 1. The van der Waals surface area contributed by atoms with Crippen LogP contribution in [-0.2, 0) is 14.2 Å². The van der Waals surface area contributed by atoms with Crippen LogP contribution in [0.4, 0.5) is 0 Å². The van der Waals surface area contributed by atoms with E-state index in [9.17, 15) is 0 Å². The first-order valence-corrected chi connectivity index (χ1v) is 8.22. The molecule has 0 aromatic heterocycles. The molecule has 1 aliphatic rings. The zero-order chi connectivity index (χ0) is 19.9. The minimum Gasteiger partial charge on any atom is -0.444 e. The van der Waals surface area contributed by atoms with Crippen LogP contribution in [0.15, 0.2) is 0 Å². The highest BCUT2D eigenvalue weighted by Gasteiger charge is 2.25. The van der Waals surface area contributed by atoms with Crippen molar-refractivity contribution in [1.29, 1.82) is 10.7 Å². The quantitative estimate of drug-likeness (QED) is 0.551. The number of nitriles is 1. The van der Waals surface area contributed by atoms with Gasteiger partial charge >= 0.3 is 6.08 Å². The molecule has 0 aliphatic carbocycles. The first-order valence-electron chi connectivity index (χ1n) is 7.42. The summed E-state index contributed by atoms with van der Waals surface area (Å²) < 4.78 is 14.4. The molecule has 144 valence electrons. The molecule has 1 heterocycles. The summed E-state index contributed by atoms with van der Waals surface area (Å²) >= 11 is 2.45. The summed E-state index contributed by atoms with van der Waals surface area (Å²) in [5, 5.41) is 39.6. The lowest BCUT2D eigenvalue weighted by molar-refractivity contribution is 0.00997. The second-order valence-corrected chi connectivity index (χ2v) is 5.54. The minimum absolute atomic E-state index is 0.0417. The summed E-state index contributed by atoms with van der Waals surface area (Å²) in [4.78, 5) is 1.56. The van der Waals surface area contributed by atoms with Crippen molar-refractivity contribution in [3.63, 3.8) is 0 Å². The van der Waals surface area contributed by atoms with Crippen molar-refractivity contribution < 1.29 is 29.5 Å². The van der Waals surface area contributed by atoms with E-state index in [0.29, 0.717) is 0 Å². The Hall–Kier alpha value is -0.920. The third kappa shape index (κ3) is 19.1. The fraction of sp³-hybridized carbons (Fsp3) is 0.867. The summed E-state index contributed by atoms with van der Waals surface area (Å²) in [6.07, 6.45) is -1.55. The third-order valence-electron chi connectivity index (χ3n) is 3.00. The Bertz CT molecular complexity index is 329. The number of aliphatic hydroxyl groups excluding tert-OH is 3. The number of rotatable bonds is 3. The Labute approximate surface area is 153 Å². The largest absolute Gasteiger partial charge is 0.444 e. The molecule has 8 nitrogen and oxygen atoms in total. The van der Waals surface area contributed by atoms with Gasteiger partial charge in [-0.05, 0) is 41.5 Å². The molecule has 6 unspecified atom stereocenters. The SMILES string of the molecule is CC(O)C(C)O.CC1OC(=N)OC1C.COC(C)C(C)O.N#CBr. The van der Waals surface area contributed by atoms with Crippen molar-refractivity contribution in [3.05, 3.63) is 0 Å². The van der Waals surface area contributed by atoms with E-state index in [1.165, 1.54) is 0 Å². The van der Waals surface area contributed by atoms with Crippen molar-refractivity contribution in [3.8, 4) is 4.98 Å². The predicted molar refractivity (Wildman–Crippen MR) is 94.9 cm³/mol. The van der Waals surface area contributed by atoms with Crippen LogP contribution < -0.4 is 0 Å². The number of hydrogen-bond donors (Lipinski definition) is 4. The molecule has 0 bridgehead atoms. The van der Waals surface area contributed by atoms with E-state index in [2.05, 4.69) is 15.9 Å². The first kappa shape index (κ1) is 27.9. The number of nitrogens with zero attached hydrogens (tertiary/aromatic N) is 1. The van der Waals surface area contributed by atoms with E-state index in [1.54, 1.807) is 32.9 Å². The van der Waals surface area contributed by atoms with Gasteiger partial charge in [0.2, 0.25) is 0 Å². The van der Waals surface area contributed by atoms with Gasteiger partial charge in [0.05, 0.1) is 24.4 Å². The van der Waals surface area contributed by atoms with Gasteiger partial charge in [-0.1, -0.05) is 0 Å². The van der Waals surface area contributed by atoms with Crippen LogP contribution in [0.1, 0.15) is 41.5 Å². The lowest BCUT2D eigenvalue weighted by atomic mass is 10.3. The minimum atomic E-state index is -0.593. The summed E-state index contributed by atoms with van der Waals surface area (Å²) in [5.41, 5.74) is 0. The highest BCUT2D eigenvalue weighted by Crippen LogP contribution is 2.11. The van der Waals surface area contributed by atoms with Gasteiger partial charge < -0.3 is 29.5 Å². The highest BCUT2D eigenvalue weighted by atomic mass is 79.9. The highest BCUT2D eigenvalue weighted by molar-refractivity contribution is 9.12. The molecule has 0 saturated carbocycles. The second kappa shape index (κ2) is 16.9. The summed E-state index contributed by atoms with van der Waals surface area (Å²) in [6, 6.07) is 0. The van der Waals surface area contributed by atoms with Gasteiger partial charge in [-0.25, -0.2) is 5.41 Å². The molecule has 4 N–H and O–H groups in total. The van der Waals surface area contributed by atoms with Gasteiger partial charge in [0.15, 0.2) is 0 Å². The maximum Gasteiger partial charge on any atom is 0.381 e. The van der Waals surface area contributed by atoms with Gasteiger partial charge in [-0.15, -0.1) is 0 Å². The Morgan fingerprint density at radius 3 is 1.38 bits per heavy atom. The van der Waals surface area contributed by atoms with E-state index in [4.69, 9.17) is 40.2 Å². The van der Waals surface area contributed by atoms with E-state index < -0.39 is 12.2 Å². The van der Waals surface area contributed by atoms with Gasteiger partial charge in [0.25, 0.3) is 0 Å². The van der Waals surface area contributed by atoms with E-state index in [0.717, 1.165) is 0 Å². The standard InChI is InChI=1S/C5H9NO2.C5H12O2.C4H10O2.CBrN/c1-3-4(2)8-5(6)7-3;1-4(6)5(2)7-3;1-3(5)4(2)6;2-1-3/h3-4,6H,1-2H3;4-6H,1-3H3;3-6H,1-2H3;. The molecule has 0 amide bonds. The molecule has 0 spiro atoms. The van der Waals surface area contributed by atoms with Crippen LogP contribution in [0.2, 0.25) is 0 Å². The number of halogens is 1.